The van der Waals surface area contributed by atoms with Gasteiger partial charge in [-0.1, -0.05) is 41.9 Å². The van der Waals surface area contributed by atoms with E-state index in [2.05, 4.69) is 11.0 Å². The molecule has 0 N–H and O–H groups in total. The highest BCUT2D eigenvalue weighted by atomic mass is 35.5. The maximum absolute atomic E-state index is 13.2. The van der Waals surface area contributed by atoms with Gasteiger partial charge in [-0.05, 0) is 60.1 Å². The molecule has 2 aliphatic rings. The zero-order valence-electron chi connectivity index (χ0n) is 20.9. The molecule has 0 saturated carbocycles. The maximum Gasteiger partial charge on any atom is 0.260 e. The Kier molecular flexibility index (Phi) is 8.24. The van der Waals surface area contributed by atoms with Crippen LogP contribution in [0.25, 0.3) is 10.8 Å². The number of hydrogen-bond acceptors (Lipinski definition) is 5. The molecule has 2 aliphatic heterocycles. The molecule has 0 aliphatic carbocycles. The number of rotatable bonds is 6. The van der Waals surface area contributed by atoms with E-state index in [1.54, 1.807) is 24.3 Å². The lowest BCUT2D eigenvalue weighted by Crippen LogP contribution is -2.51. The quantitative estimate of drug-likeness (QED) is 0.491. The summed E-state index contributed by atoms with van der Waals surface area (Å²) in [5, 5.41) is 2.85. The highest BCUT2D eigenvalue weighted by Crippen LogP contribution is 2.19. The molecule has 0 aromatic heterocycles. The van der Waals surface area contributed by atoms with Gasteiger partial charge < -0.3 is 19.3 Å². The van der Waals surface area contributed by atoms with Crippen molar-refractivity contribution in [3.05, 3.63) is 77.3 Å². The smallest absolute Gasteiger partial charge is 0.260 e. The summed E-state index contributed by atoms with van der Waals surface area (Å²) in [6, 6.07) is 21.0. The van der Waals surface area contributed by atoms with Crippen LogP contribution in [-0.2, 0) is 9.53 Å². The Bertz CT molecular complexity index is 1240. The van der Waals surface area contributed by atoms with Crippen LogP contribution >= 0.6 is 11.6 Å². The highest BCUT2D eigenvalue weighted by molar-refractivity contribution is 6.30. The minimum atomic E-state index is -0.0593. The molecule has 2 heterocycles. The predicted molar refractivity (Wildman–Crippen MR) is 144 cm³/mol. The summed E-state index contributed by atoms with van der Waals surface area (Å²) >= 11 is 5.91. The van der Waals surface area contributed by atoms with E-state index in [0.29, 0.717) is 37.0 Å². The Balaban J connectivity index is 1.11. The normalized spacial score (nSPS) is 19.0. The summed E-state index contributed by atoms with van der Waals surface area (Å²) in [6.07, 6.45) is 0.847. The molecule has 2 amide bonds. The van der Waals surface area contributed by atoms with Crippen LogP contribution in [-0.4, -0.2) is 91.6 Å². The second kappa shape index (κ2) is 11.9. The molecule has 194 valence electrons. The van der Waals surface area contributed by atoms with Gasteiger partial charge >= 0.3 is 0 Å². The van der Waals surface area contributed by atoms with Gasteiger partial charge in [-0.2, -0.15) is 0 Å². The molecule has 3 aromatic carbocycles. The predicted octanol–water partition coefficient (Wildman–Crippen LogP) is 3.95. The number of benzene rings is 3. The first kappa shape index (κ1) is 25.5. The lowest BCUT2D eigenvalue weighted by atomic mass is 10.1. The topological polar surface area (TPSA) is 62.3 Å². The van der Waals surface area contributed by atoms with Crippen molar-refractivity contribution >= 4 is 34.2 Å². The van der Waals surface area contributed by atoms with E-state index < -0.39 is 0 Å². The minimum Gasteiger partial charge on any atom is -0.484 e. The SMILES string of the molecule is O=C(COc1ccc(Cl)cc1)N1CCOC(CN2CCCN(C(=O)c3ccc4ccccc4c3)CC2)C1. The zero-order valence-corrected chi connectivity index (χ0v) is 21.6. The first-order chi connectivity index (χ1) is 18.0. The van der Waals surface area contributed by atoms with Gasteiger partial charge in [0, 0.05) is 49.9 Å². The number of nitrogens with zero attached hydrogens (tertiary/aromatic N) is 3. The second-order valence-corrected chi connectivity index (χ2v) is 10.0. The molecule has 1 atom stereocenters. The first-order valence-corrected chi connectivity index (χ1v) is 13.2. The monoisotopic (exact) mass is 521 g/mol. The van der Waals surface area contributed by atoms with E-state index in [0.717, 1.165) is 48.9 Å². The Labute approximate surface area is 222 Å². The van der Waals surface area contributed by atoms with Crippen molar-refractivity contribution in [3.63, 3.8) is 0 Å². The lowest BCUT2D eigenvalue weighted by molar-refractivity contribution is -0.141. The van der Waals surface area contributed by atoms with Crippen molar-refractivity contribution in [3.8, 4) is 5.75 Å². The Hall–Kier alpha value is -3.13. The van der Waals surface area contributed by atoms with E-state index >= 15 is 0 Å². The van der Waals surface area contributed by atoms with E-state index in [9.17, 15) is 9.59 Å². The van der Waals surface area contributed by atoms with Gasteiger partial charge in [0.05, 0.1) is 12.7 Å². The standard InChI is InChI=1S/C29H32ClN3O4/c30-25-8-10-26(11-9-25)37-21-28(34)33-16-17-36-27(20-33)19-31-12-3-13-32(15-14-31)29(35)24-7-6-22-4-1-2-5-23(22)18-24/h1-2,4-11,18,27H,3,12-17,19-21H2. The van der Waals surface area contributed by atoms with Crippen LogP contribution in [0.15, 0.2) is 66.7 Å². The molecule has 5 rings (SSSR count). The third-order valence-electron chi connectivity index (χ3n) is 7.00. The maximum atomic E-state index is 13.2. The number of carbonyl (C=O) groups excluding carboxylic acids is 2. The molecule has 0 radical (unpaired) electrons. The number of morpholine rings is 1. The van der Waals surface area contributed by atoms with Gasteiger partial charge in [0.2, 0.25) is 0 Å². The molecule has 7 nitrogen and oxygen atoms in total. The third-order valence-corrected chi connectivity index (χ3v) is 7.25. The van der Waals surface area contributed by atoms with Crippen molar-refractivity contribution in [2.75, 3.05) is 59.0 Å². The van der Waals surface area contributed by atoms with Crippen LogP contribution in [0.3, 0.4) is 0 Å². The molecule has 8 heteroatoms. The fraction of sp³-hybridized carbons (Fsp3) is 0.379. The summed E-state index contributed by atoms with van der Waals surface area (Å²) in [5.41, 5.74) is 0.734. The van der Waals surface area contributed by atoms with Gasteiger partial charge in [-0.25, -0.2) is 0 Å². The van der Waals surface area contributed by atoms with Crippen LogP contribution in [0.5, 0.6) is 5.75 Å². The van der Waals surface area contributed by atoms with Crippen LogP contribution in [0.2, 0.25) is 5.02 Å². The van der Waals surface area contributed by atoms with Crippen molar-refractivity contribution < 1.29 is 19.1 Å². The van der Waals surface area contributed by atoms with Gasteiger partial charge in [-0.3, -0.25) is 14.5 Å². The molecule has 2 fully saturated rings. The fourth-order valence-electron chi connectivity index (χ4n) is 4.97. The first-order valence-electron chi connectivity index (χ1n) is 12.8. The summed E-state index contributed by atoms with van der Waals surface area (Å²) < 4.78 is 11.6. The number of halogens is 1. The molecule has 3 aromatic rings. The van der Waals surface area contributed by atoms with Gasteiger partial charge in [-0.15, -0.1) is 0 Å². The van der Waals surface area contributed by atoms with Crippen LogP contribution in [0.1, 0.15) is 16.8 Å². The largest absolute Gasteiger partial charge is 0.484 e. The minimum absolute atomic E-state index is 0.0100. The Morgan fingerprint density at radius 2 is 1.70 bits per heavy atom. The molecule has 37 heavy (non-hydrogen) atoms. The van der Waals surface area contributed by atoms with Gasteiger partial charge in [0.1, 0.15) is 5.75 Å². The van der Waals surface area contributed by atoms with Crippen molar-refractivity contribution in [2.24, 2.45) is 0 Å². The Morgan fingerprint density at radius 1 is 0.892 bits per heavy atom. The number of hydrogen-bond donors (Lipinski definition) is 0. The summed E-state index contributed by atoms with van der Waals surface area (Å²) in [4.78, 5) is 32.1. The van der Waals surface area contributed by atoms with E-state index in [-0.39, 0.29) is 24.5 Å². The molecule has 2 saturated heterocycles. The number of ether oxygens (including phenoxy) is 2. The molecule has 1 unspecified atom stereocenters. The molecular formula is C29H32ClN3O4. The molecular weight excluding hydrogens is 490 g/mol. The van der Waals surface area contributed by atoms with Gasteiger partial charge in [0.25, 0.3) is 11.8 Å². The fourth-order valence-corrected chi connectivity index (χ4v) is 5.10. The summed E-state index contributed by atoms with van der Waals surface area (Å²) in [7, 11) is 0. The van der Waals surface area contributed by atoms with Crippen LogP contribution in [0, 0.1) is 0 Å². The summed E-state index contributed by atoms with van der Waals surface area (Å²) in [6.45, 7) is 5.44. The van der Waals surface area contributed by atoms with Crippen molar-refractivity contribution in [1.29, 1.82) is 0 Å². The highest BCUT2D eigenvalue weighted by Gasteiger charge is 2.28. The van der Waals surface area contributed by atoms with E-state index in [1.165, 1.54) is 0 Å². The number of fused-ring (bicyclic) bond motifs is 1. The van der Waals surface area contributed by atoms with E-state index in [1.807, 2.05) is 46.2 Å². The summed E-state index contributed by atoms with van der Waals surface area (Å²) in [5.74, 6) is 0.653. The van der Waals surface area contributed by atoms with E-state index in [4.69, 9.17) is 21.1 Å². The molecule has 0 bridgehead atoms. The number of amides is 2. The average Bonchev–Trinajstić information content (AvgIpc) is 3.17. The van der Waals surface area contributed by atoms with Crippen molar-refractivity contribution in [1.82, 2.24) is 14.7 Å². The Morgan fingerprint density at radius 3 is 2.54 bits per heavy atom. The third kappa shape index (κ3) is 6.60. The molecule has 0 spiro atoms. The second-order valence-electron chi connectivity index (χ2n) is 9.58. The number of carbonyl (C=O) groups is 2. The lowest BCUT2D eigenvalue weighted by Gasteiger charge is -2.35. The van der Waals surface area contributed by atoms with Crippen molar-refractivity contribution in [2.45, 2.75) is 12.5 Å². The van der Waals surface area contributed by atoms with Crippen LogP contribution < -0.4 is 4.74 Å². The van der Waals surface area contributed by atoms with Gasteiger partial charge in [0.15, 0.2) is 6.61 Å². The average molecular weight is 522 g/mol. The zero-order chi connectivity index (χ0) is 25.6. The van der Waals surface area contributed by atoms with Crippen LogP contribution in [0.4, 0.5) is 0 Å².